The van der Waals surface area contributed by atoms with Gasteiger partial charge < -0.3 is 20.8 Å². The third-order valence-corrected chi connectivity index (χ3v) is 4.69. The Morgan fingerprint density at radius 2 is 1.75 bits per heavy atom. The van der Waals surface area contributed by atoms with E-state index in [1.54, 1.807) is 48.5 Å². The molecule has 1 fully saturated rings. The van der Waals surface area contributed by atoms with E-state index in [4.69, 9.17) is 10.2 Å². The molecule has 0 aliphatic carbocycles. The number of nitrogens with zero attached hydrogens (tertiary/aromatic N) is 1. The van der Waals surface area contributed by atoms with E-state index in [2.05, 4.69) is 15.6 Å². The Bertz CT molecular complexity index is 987. The lowest BCUT2D eigenvalue weighted by molar-refractivity contribution is 0.101. The average molecular weight is 376 g/mol. The van der Waals surface area contributed by atoms with Gasteiger partial charge in [-0.25, -0.2) is 4.98 Å². The zero-order chi connectivity index (χ0) is 19.5. The number of nitrogen functional groups attached to an aromatic ring is 1. The molecule has 0 saturated carbocycles. The van der Waals surface area contributed by atoms with E-state index in [0.717, 1.165) is 19.4 Å². The van der Waals surface area contributed by atoms with Crippen LogP contribution in [0.5, 0.6) is 0 Å². The van der Waals surface area contributed by atoms with Crippen LogP contribution >= 0.6 is 0 Å². The summed E-state index contributed by atoms with van der Waals surface area (Å²) >= 11 is 0. The normalized spacial score (nSPS) is 16.1. The van der Waals surface area contributed by atoms with Gasteiger partial charge in [-0.2, -0.15) is 0 Å². The van der Waals surface area contributed by atoms with Gasteiger partial charge in [0.15, 0.2) is 11.5 Å². The van der Waals surface area contributed by atoms with Crippen molar-refractivity contribution in [3.63, 3.8) is 0 Å². The van der Waals surface area contributed by atoms with Gasteiger partial charge in [0.2, 0.25) is 5.89 Å². The van der Waals surface area contributed by atoms with Crippen molar-refractivity contribution in [1.29, 1.82) is 0 Å². The lowest BCUT2D eigenvalue weighted by atomic mass is 10.0. The molecule has 0 radical (unpaired) electrons. The quantitative estimate of drug-likeness (QED) is 0.466. The number of oxazole rings is 1. The fourth-order valence-corrected chi connectivity index (χ4v) is 3.15. The van der Waals surface area contributed by atoms with Crippen LogP contribution < -0.4 is 16.4 Å². The Balaban J connectivity index is 1.42. The molecule has 0 spiro atoms. The number of carbonyl (C=O) groups is 2. The number of nitrogens with two attached hydrogens (primary N) is 1. The van der Waals surface area contributed by atoms with Gasteiger partial charge in [0.1, 0.15) is 6.26 Å². The van der Waals surface area contributed by atoms with Crippen LogP contribution in [-0.4, -0.2) is 23.2 Å². The molecule has 1 aliphatic rings. The molecule has 0 bridgehead atoms. The number of benzene rings is 2. The second kappa shape index (κ2) is 7.66. The first-order valence-corrected chi connectivity index (χ1v) is 9.10. The van der Waals surface area contributed by atoms with Crippen molar-refractivity contribution in [2.45, 2.75) is 18.9 Å². The van der Waals surface area contributed by atoms with Crippen LogP contribution in [0, 0.1) is 0 Å². The molecule has 4 N–H and O–H groups in total. The largest absolute Gasteiger partial charge is 0.446 e. The summed E-state index contributed by atoms with van der Waals surface area (Å²) in [6.45, 7) is 0.927. The monoisotopic (exact) mass is 376 g/mol. The molecule has 1 atom stereocenters. The van der Waals surface area contributed by atoms with Crippen LogP contribution in [0.25, 0.3) is 0 Å². The zero-order valence-electron chi connectivity index (χ0n) is 15.1. The van der Waals surface area contributed by atoms with Gasteiger partial charge in [-0.15, -0.1) is 0 Å². The van der Waals surface area contributed by atoms with Crippen molar-refractivity contribution in [3.8, 4) is 0 Å². The number of amides is 1. The van der Waals surface area contributed by atoms with E-state index in [1.165, 1.54) is 6.26 Å². The summed E-state index contributed by atoms with van der Waals surface area (Å²) < 4.78 is 5.43. The summed E-state index contributed by atoms with van der Waals surface area (Å²) in [5, 5.41) is 6.05. The van der Waals surface area contributed by atoms with Crippen LogP contribution in [0.1, 0.15) is 51.2 Å². The number of carbonyl (C=O) groups excluding carboxylic acids is 2. The molecule has 4 rings (SSSR count). The highest BCUT2D eigenvalue weighted by molar-refractivity contribution is 6.09. The molecule has 2 aromatic carbocycles. The fraction of sp³-hybridized carbons (Fsp3) is 0.190. The minimum Gasteiger partial charge on any atom is -0.446 e. The molecule has 1 aliphatic heterocycles. The minimum atomic E-state index is -0.356. The standard InChI is InChI=1S/C21H20N4O3/c22-15-7-3-13(4-8-15)19(26)14-5-9-16(10-6-14)24-20(27)18-12-28-21(25-18)17-2-1-11-23-17/h3-10,12,17,23H,1-2,11,22H2,(H,24,27). The Morgan fingerprint density at radius 1 is 1.07 bits per heavy atom. The molecule has 7 heteroatoms. The summed E-state index contributed by atoms with van der Waals surface area (Å²) in [5.41, 5.74) is 8.14. The Hall–Kier alpha value is -3.45. The van der Waals surface area contributed by atoms with E-state index in [1.807, 2.05) is 0 Å². The maximum absolute atomic E-state index is 12.5. The lowest BCUT2D eigenvalue weighted by Gasteiger charge is -2.06. The third kappa shape index (κ3) is 3.79. The second-order valence-electron chi connectivity index (χ2n) is 6.70. The maximum atomic E-state index is 12.5. The Morgan fingerprint density at radius 3 is 2.39 bits per heavy atom. The SMILES string of the molecule is Nc1ccc(C(=O)c2ccc(NC(=O)c3coc(C4CCCN4)n3)cc2)cc1. The minimum absolute atomic E-state index is 0.0696. The van der Waals surface area contributed by atoms with Crippen LogP contribution in [0.15, 0.2) is 59.2 Å². The van der Waals surface area contributed by atoms with Gasteiger partial charge in [0, 0.05) is 22.5 Å². The smallest absolute Gasteiger partial charge is 0.277 e. The number of aromatic nitrogens is 1. The van der Waals surface area contributed by atoms with Crippen molar-refractivity contribution < 1.29 is 14.0 Å². The van der Waals surface area contributed by atoms with Crippen LogP contribution in [0.2, 0.25) is 0 Å². The summed E-state index contributed by atoms with van der Waals surface area (Å²) in [6.07, 6.45) is 3.38. The molecule has 142 valence electrons. The van der Waals surface area contributed by atoms with Crippen molar-refractivity contribution >= 4 is 23.1 Å². The molecule has 1 amide bonds. The highest BCUT2D eigenvalue weighted by Crippen LogP contribution is 2.22. The molecule has 28 heavy (non-hydrogen) atoms. The topological polar surface area (TPSA) is 110 Å². The van der Waals surface area contributed by atoms with E-state index < -0.39 is 0 Å². The molecule has 1 aromatic heterocycles. The highest BCUT2D eigenvalue weighted by Gasteiger charge is 2.22. The lowest BCUT2D eigenvalue weighted by Crippen LogP contribution is -2.15. The van der Waals surface area contributed by atoms with Crippen LogP contribution in [0.3, 0.4) is 0 Å². The van der Waals surface area contributed by atoms with Gasteiger partial charge in [0.05, 0.1) is 6.04 Å². The Kier molecular flexibility index (Phi) is 4.90. The summed E-state index contributed by atoms with van der Waals surface area (Å²) in [5.74, 6) is 0.0702. The zero-order valence-corrected chi connectivity index (χ0v) is 15.1. The molecule has 1 saturated heterocycles. The molecule has 1 unspecified atom stereocenters. The van der Waals surface area contributed by atoms with E-state index in [9.17, 15) is 9.59 Å². The number of anilines is 2. The molecule has 7 nitrogen and oxygen atoms in total. The fourth-order valence-electron chi connectivity index (χ4n) is 3.15. The number of hydrogen-bond donors (Lipinski definition) is 3. The van der Waals surface area contributed by atoms with Gasteiger partial charge in [-0.1, -0.05) is 0 Å². The molecule has 2 heterocycles. The van der Waals surface area contributed by atoms with E-state index in [0.29, 0.717) is 28.4 Å². The van der Waals surface area contributed by atoms with E-state index >= 15 is 0 Å². The van der Waals surface area contributed by atoms with Crippen LogP contribution in [-0.2, 0) is 0 Å². The average Bonchev–Trinajstić information content (AvgIpc) is 3.40. The summed E-state index contributed by atoms with van der Waals surface area (Å²) in [6, 6.07) is 13.5. The number of hydrogen-bond acceptors (Lipinski definition) is 6. The van der Waals surface area contributed by atoms with E-state index in [-0.39, 0.29) is 23.4 Å². The van der Waals surface area contributed by atoms with Crippen molar-refractivity contribution in [2.75, 3.05) is 17.6 Å². The first-order chi connectivity index (χ1) is 13.6. The summed E-state index contributed by atoms with van der Waals surface area (Å²) in [7, 11) is 0. The van der Waals surface area contributed by atoms with Crippen molar-refractivity contribution in [2.24, 2.45) is 0 Å². The van der Waals surface area contributed by atoms with Crippen molar-refractivity contribution in [3.05, 3.63) is 77.5 Å². The predicted molar refractivity (Wildman–Crippen MR) is 105 cm³/mol. The molecular formula is C21H20N4O3. The first kappa shape index (κ1) is 17.9. The Labute approximate surface area is 162 Å². The molecule has 3 aromatic rings. The van der Waals surface area contributed by atoms with Gasteiger partial charge in [0.25, 0.3) is 5.91 Å². The highest BCUT2D eigenvalue weighted by atomic mass is 16.3. The van der Waals surface area contributed by atoms with Crippen molar-refractivity contribution in [1.82, 2.24) is 10.3 Å². The van der Waals surface area contributed by atoms with Gasteiger partial charge in [-0.3, -0.25) is 9.59 Å². The summed E-state index contributed by atoms with van der Waals surface area (Å²) in [4.78, 5) is 29.1. The third-order valence-electron chi connectivity index (χ3n) is 4.69. The molecular weight excluding hydrogens is 356 g/mol. The number of rotatable bonds is 5. The predicted octanol–water partition coefficient (Wildman–Crippen LogP) is 3.16. The van der Waals surface area contributed by atoms with Gasteiger partial charge >= 0.3 is 0 Å². The number of ketones is 1. The number of nitrogens with one attached hydrogen (secondary N) is 2. The first-order valence-electron chi connectivity index (χ1n) is 9.10. The maximum Gasteiger partial charge on any atom is 0.277 e. The van der Waals surface area contributed by atoms with Crippen LogP contribution in [0.4, 0.5) is 11.4 Å². The second-order valence-corrected chi connectivity index (χ2v) is 6.70. The van der Waals surface area contributed by atoms with Gasteiger partial charge in [-0.05, 0) is 67.9 Å².